The van der Waals surface area contributed by atoms with Crippen LogP contribution in [-0.2, 0) is 11.2 Å². The summed E-state index contributed by atoms with van der Waals surface area (Å²) in [4.78, 5) is 9.09. The Hall–Kier alpha value is -3.11. The molecule has 0 N–H and O–H groups in total. The van der Waals surface area contributed by atoms with Gasteiger partial charge in [-0.3, -0.25) is 9.56 Å². The minimum Gasteiger partial charge on any atom is -0.858 e. The highest BCUT2D eigenvalue weighted by Crippen LogP contribution is 2.40. The van der Waals surface area contributed by atoms with Gasteiger partial charge in [0.1, 0.15) is 23.9 Å². The van der Waals surface area contributed by atoms with Crippen molar-refractivity contribution in [3.8, 4) is 11.4 Å². The van der Waals surface area contributed by atoms with E-state index in [0.717, 1.165) is 41.7 Å². The molecular formula is C34H36Cl2F2N4O2S. The van der Waals surface area contributed by atoms with Gasteiger partial charge >= 0.3 is 0 Å². The molecule has 1 atom stereocenters. The van der Waals surface area contributed by atoms with Crippen molar-refractivity contribution in [2.75, 3.05) is 34.3 Å². The molecule has 0 spiro atoms. The van der Waals surface area contributed by atoms with E-state index in [1.165, 1.54) is 36.0 Å². The number of nitrogens with zero attached hydrogens (tertiary/aromatic N) is 4. The van der Waals surface area contributed by atoms with Gasteiger partial charge in [-0.05, 0) is 78.4 Å². The average Bonchev–Trinajstić information content (AvgIpc) is 3.41. The predicted octanol–water partition coefficient (Wildman–Crippen LogP) is 7.43. The second-order valence-electron chi connectivity index (χ2n) is 12.5. The number of hydrogen-bond donors (Lipinski definition) is 0. The van der Waals surface area contributed by atoms with Crippen LogP contribution in [-0.4, -0.2) is 60.3 Å². The number of piperidine rings is 1. The molecule has 1 aliphatic rings. The van der Waals surface area contributed by atoms with Gasteiger partial charge in [-0.2, -0.15) is 0 Å². The van der Waals surface area contributed by atoms with Gasteiger partial charge in [0.2, 0.25) is 0 Å². The largest absolute Gasteiger partial charge is 0.858 e. The average molecular weight is 674 g/mol. The molecule has 1 aromatic heterocycles. The maximum atomic E-state index is 15.5. The Morgan fingerprint density at radius 2 is 1.84 bits per heavy atom. The number of halogens is 4. The van der Waals surface area contributed by atoms with Crippen LogP contribution in [0.25, 0.3) is 5.69 Å². The van der Waals surface area contributed by atoms with E-state index in [-0.39, 0.29) is 33.8 Å². The van der Waals surface area contributed by atoms with Crippen molar-refractivity contribution in [3.63, 3.8) is 0 Å². The molecule has 1 saturated heterocycles. The van der Waals surface area contributed by atoms with Crippen LogP contribution < -0.4 is 9.84 Å². The zero-order chi connectivity index (χ0) is 32.5. The topological polar surface area (TPSA) is 62.5 Å². The number of rotatable bonds is 9. The first kappa shape index (κ1) is 33.3. The Kier molecular flexibility index (Phi) is 9.84. The van der Waals surface area contributed by atoms with E-state index in [2.05, 4.69) is 19.1 Å². The first-order valence-electron chi connectivity index (χ1n) is 14.6. The van der Waals surface area contributed by atoms with Crippen LogP contribution in [0.3, 0.4) is 0 Å². The van der Waals surface area contributed by atoms with E-state index >= 15 is 4.39 Å². The van der Waals surface area contributed by atoms with Gasteiger partial charge in [-0.1, -0.05) is 54.9 Å². The van der Waals surface area contributed by atoms with Crippen molar-refractivity contribution in [2.24, 2.45) is 4.99 Å². The number of methoxy groups -OCH3 is 1. The molecule has 6 nitrogen and oxygen atoms in total. The van der Waals surface area contributed by atoms with Gasteiger partial charge in [0.25, 0.3) is 0 Å². The lowest BCUT2D eigenvalue weighted by atomic mass is 9.81. The number of imidazole rings is 1. The Bertz CT molecular complexity index is 1700. The minimum atomic E-state index is -0.584. The molecular weight excluding hydrogens is 637 g/mol. The fourth-order valence-corrected chi connectivity index (χ4v) is 7.34. The summed E-state index contributed by atoms with van der Waals surface area (Å²) in [6, 6.07) is 14.3. The third kappa shape index (κ3) is 7.32. The van der Waals surface area contributed by atoms with Crippen molar-refractivity contribution in [1.29, 1.82) is 0 Å². The van der Waals surface area contributed by atoms with Crippen molar-refractivity contribution >= 4 is 40.9 Å². The molecule has 0 radical (unpaired) electrons. The summed E-state index contributed by atoms with van der Waals surface area (Å²) >= 11 is 14.2. The van der Waals surface area contributed by atoms with Crippen molar-refractivity contribution < 1.29 is 23.1 Å². The Balaban J connectivity index is 1.45. The van der Waals surface area contributed by atoms with Gasteiger partial charge in [0.05, 0.1) is 50.7 Å². The van der Waals surface area contributed by atoms with E-state index in [1.54, 1.807) is 31.5 Å². The Morgan fingerprint density at radius 1 is 1.11 bits per heavy atom. The number of aromatic nitrogens is 2. The van der Waals surface area contributed by atoms with Crippen molar-refractivity contribution in [2.45, 2.75) is 49.1 Å². The number of thioether (sulfide) groups is 1. The van der Waals surface area contributed by atoms with Gasteiger partial charge in [0, 0.05) is 27.4 Å². The van der Waals surface area contributed by atoms with Gasteiger partial charge in [-0.15, -0.1) is 0 Å². The highest BCUT2D eigenvalue weighted by Gasteiger charge is 2.31. The molecule has 3 aromatic carbocycles. The van der Waals surface area contributed by atoms with E-state index in [0.29, 0.717) is 21.6 Å². The number of hydrogen-bond acceptors (Lipinski definition) is 5. The summed E-state index contributed by atoms with van der Waals surface area (Å²) in [6.45, 7) is 5.90. The highest BCUT2D eigenvalue weighted by atomic mass is 35.5. The van der Waals surface area contributed by atoms with Crippen LogP contribution in [0.5, 0.6) is 5.75 Å². The Morgan fingerprint density at radius 3 is 2.51 bits per heavy atom. The van der Waals surface area contributed by atoms with E-state index < -0.39 is 17.1 Å². The molecule has 45 heavy (non-hydrogen) atoms. The fraction of sp³-hybridized carbons (Fsp3) is 0.353. The quantitative estimate of drug-likeness (QED) is 0.0803. The smallest absolute Gasteiger partial charge is 0.173 e. The first-order chi connectivity index (χ1) is 21.3. The molecule has 2 heterocycles. The molecule has 1 aliphatic heterocycles. The zero-order valence-corrected chi connectivity index (χ0v) is 28.2. The lowest BCUT2D eigenvalue weighted by molar-refractivity contribution is -0.895. The summed E-state index contributed by atoms with van der Waals surface area (Å²) in [7, 11) is 5.80. The second-order valence-corrected chi connectivity index (χ2v) is 14.2. The van der Waals surface area contributed by atoms with Gasteiger partial charge < -0.3 is 14.3 Å². The lowest BCUT2D eigenvalue weighted by Gasteiger charge is -2.37. The molecule has 0 amide bonds. The van der Waals surface area contributed by atoms with Crippen LogP contribution in [0.1, 0.15) is 49.1 Å². The monoisotopic (exact) mass is 672 g/mol. The van der Waals surface area contributed by atoms with Crippen LogP contribution in [0, 0.1) is 11.6 Å². The molecule has 0 bridgehead atoms. The zero-order valence-electron chi connectivity index (χ0n) is 25.9. The molecule has 1 fully saturated rings. The molecule has 5 rings (SSSR count). The summed E-state index contributed by atoms with van der Waals surface area (Å²) in [6.07, 6.45) is 3.59. The van der Waals surface area contributed by atoms with Crippen molar-refractivity contribution in [3.05, 3.63) is 105 Å². The summed E-state index contributed by atoms with van der Waals surface area (Å²) in [5.41, 5.74) is 2.25. The maximum absolute atomic E-state index is 15.5. The third-order valence-electron chi connectivity index (χ3n) is 8.37. The van der Waals surface area contributed by atoms with Gasteiger partial charge in [-0.25, -0.2) is 13.8 Å². The van der Waals surface area contributed by atoms with Crippen LogP contribution in [0.2, 0.25) is 10.0 Å². The van der Waals surface area contributed by atoms with Crippen LogP contribution in [0.15, 0.2) is 70.9 Å². The SMILES string of the molecule is COc1cc(C(C)(C)c2cnc(SCc3c(F)cc(C([O-])=N[C@@H]4CCC[N+](C)(C)C4)cc3Cl)n2-c2ccc(F)cc2)ccc1Cl. The fourth-order valence-electron chi connectivity index (χ4n) is 5.77. The first-order valence-corrected chi connectivity index (χ1v) is 16.4. The van der Waals surface area contributed by atoms with Gasteiger partial charge in [0.15, 0.2) is 5.16 Å². The highest BCUT2D eigenvalue weighted by molar-refractivity contribution is 7.98. The van der Waals surface area contributed by atoms with E-state index in [9.17, 15) is 9.50 Å². The number of quaternary nitrogens is 1. The Labute approximate surface area is 277 Å². The normalized spacial score (nSPS) is 17.0. The van der Waals surface area contributed by atoms with Crippen LogP contribution in [0.4, 0.5) is 8.78 Å². The molecule has 11 heteroatoms. The standard InChI is InChI=1S/C34H36Cl2F2N4O2S/c1-34(2,22-8-13-27(35)30(17-22)44-5)31-18-39-33(41(31)25-11-9-23(37)10-12-25)45-20-26-28(36)15-21(16-29(26)38)32(43)40-24-7-6-14-42(3,4)19-24/h8-13,15-18,24H,6-7,14,19-20H2,1-5H3/t24-/m1/s1. The number of aliphatic imine (C=N–C) groups is 1. The number of ether oxygens (including phenoxy) is 1. The van der Waals surface area contributed by atoms with E-state index in [4.69, 9.17) is 32.9 Å². The molecule has 0 unspecified atom stereocenters. The molecule has 0 aliphatic carbocycles. The lowest BCUT2D eigenvalue weighted by Crippen LogP contribution is -2.49. The molecule has 4 aromatic rings. The number of likely N-dealkylation sites (tertiary alicyclic amines) is 1. The minimum absolute atomic E-state index is 0.101. The van der Waals surface area contributed by atoms with Crippen LogP contribution >= 0.6 is 35.0 Å². The third-order valence-corrected chi connectivity index (χ3v) is 10.00. The number of likely N-dealkylation sites (N-methyl/N-ethyl adjacent to an activating group) is 1. The molecule has 0 saturated carbocycles. The second kappa shape index (κ2) is 13.3. The summed E-state index contributed by atoms with van der Waals surface area (Å²) in [5, 5.41) is 14.2. The summed E-state index contributed by atoms with van der Waals surface area (Å²) in [5.74, 6) is -0.706. The van der Waals surface area contributed by atoms with Crippen molar-refractivity contribution in [1.82, 2.24) is 9.55 Å². The van der Waals surface area contributed by atoms with E-state index in [1.807, 2.05) is 30.5 Å². The maximum Gasteiger partial charge on any atom is 0.173 e. The predicted molar refractivity (Wildman–Crippen MR) is 176 cm³/mol. The molecule has 238 valence electrons. The summed E-state index contributed by atoms with van der Waals surface area (Å²) < 4.78 is 37.6. The number of benzene rings is 3.